The first-order valence-corrected chi connectivity index (χ1v) is 13.2. The van der Waals surface area contributed by atoms with Gasteiger partial charge in [-0.05, 0) is 63.3 Å². The van der Waals surface area contributed by atoms with Gasteiger partial charge in [0.2, 0.25) is 0 Å². The quantitative estimate of drug-likeness (QED) is 0.211. The number of aromatic hydroxyl groups is 2. The Bertz CT molecular complexity index is 1030. The fraction of sp³-hybridized carbons (Fsp3) is 0.536. The first kappa shape index (κ1) is 29.2. The number of amides is 1. The van der Waals surface area contributed by atoms with Gasteiger partial charge in [0.15, 0.2) is 6.61 Å². The highest BCUT2D eigenvalue weighted by Crippen LogP contribution is 2.29. The van der Waals surface area contributed by atoms with Crippen LogP contribution in [0.25, 0.3) is 0 Å². The summed E-state index contributed by atoms with van der Waals surface area (Å²) in [4.78, 5) is 32.7. The van der Waals surface area contributed by atoms with Crippen molar-refractivity contribution < 1.29 is 34.1 Å². The van der Waals surface area contributed by atoms with Crippen LogP contribution in [-0.4, -0.2) is 77.8 Å². The van der Waals surface area contributed by atoms with E-state index in [0.29, 0.717) is 50.4 Å². The van der Waals surface area contributed by atoms with Crippen LogP contribution in [0.1, 0.15) is 61.4 Å². The van der Waals surface area contributed by atoms with Gasteiger partial charge in [-0.3, -0.25) is 4.79 Å². The summed E-state index contributed by atoms with van der Waals surface area (Å²) in [5.41, 5.74) is 6.25. The maximum Gasteiger partial charge on any atom is 0.342 e. The van der Waals surface area contributed by atoms with E-state index in [1.54, 1.807) is 17.9 Å². The van der Waals surface area contributed by atoms with E-state index >= 15 is 0 Å². The average molecular weight is 530 g/mol. The average Bonchev–Trinajstić information content (AvgIpc) is 2.88. The summed E-state index contributed by atoms with van der Waals surface area (Å²) >= 11 is 0. The molecule has 1 aromatic rings. The fourth-order valence-corrected chi connectivity index (χ4v) is 4.34. The zero-order chi connectivity index (χ0) is 27.3. The number of carbonyl (C=O) groups is 2. The number of allylic oxidation sites excluding steroid dienone is 1. The molecule has 3 rings (SSSR count). The van der Waals surface area contributed by atoms with Gasteiger partial charge in [0.25, 0.3) is 5.91 Å². The van der Waals surface area contributed by atoms with Crippen LogP contribution in [0.3, 0.4) is 0 Å². The van der Waals surface area contributed by atoms with E-state index in [9.17, 15) is 19.8 Å². The minimum Gasteiger partial charge on any atom is -0.508 e. The molecule has 0 saturated carbocycles. The molecular weight excluding hydrogens is 490 g/mol. The van der Waals surface area contributed by atoms with Crippen LogP contribution in [0.5, 0.6) is 11.5 Å². The Labute approximate surface area is 223 Å². The van der Waals surface area contributed by atoms with E-state index in [0.717, 1.165) is 31.7 Å². The molecule has 2 aliphatic heterocycles. The van der Waals surface area contributed by atoms with E-state index in [2.05, 4.69) is 5.16 Å². The van der Waals surface area contributed by atoms with Gasteiger partial charge in [-0.1, -0.05) is 23.4 Å². The van der Waals surface area contributed by atoms with Gasteiger partial charge < -0.3 is 35.2 Å². The van der Waals surface area contributed by atoms with Gasteiger partial charge in [0.05, 0.1) is 11.8 Å². The molecule has 0 radical (unpaired) electrons. The second-order valence-electron chi connectivity index (χ2n) is 9.54. The molecule has 0 aromatic heterocycles. The second-order valence-corrected chi connectivity index (χ2v) is 9.54. The first-order chi connectivity index (χ1) is 18.4. The molecule has 2 aliphatic rings. The van der Waals surface area contributed by atoms with Crippen LogP contribution >= 0.6 is 0 Å². The van der Waals surface area contributed by atoms with E-state index in [1.807, 2.05) is 18.2 Å². The van der Waals surface area contributed by atoms with Gasteiger partial charge in [0.1, 0.15) is 23.2 Å². The Balaban J connectivity index is 1.86. The number of piperidine rings is 1. The lowest BCUT2D eigenvalue weighted by Gasteiger charge is -2.26. The first-order valence-electron chi connectivity index (χ1n) is 13.2. The summed E-state index contributed by atoms with van der Waals surface area (Å²) in [7, 11) is 0. The lowest BCUT2D eigenvalue weighted by Crippen LogP contribution is -2.37. The summed E-state index contributed by atoms with van der Waals surface area (Å²) < 4.78 is 11.5. The number of cyclic esters (lactones) is 1. The Morgan fingerprint density at radius 3 is 2.74 bits per heavy atom. The van der Waals surface area contributed by atoms with Crippen LogP contribution in [0, 0.1) is 0 Å². The van der Waals surface area contributed by atoms with E-state index in [-0.39, 0.29) is 36.4 Å². The highest BCUT2D eigenvalue weighted by Gasteiger charge is 2.23. The SMILES string of the molecule is C[C@@H]1C/C=C/[C@@H](OCCCN)C/C=C/C(=N\OCC(=O)N2CCCCC2)Cc2cc(O)cc(O)c2C(=O)O1. The van der Waals surface area contributed by atoms with Crippen molar-refractivity contribution in [3.8, 4) is 11.5 Å². The van der Waals surface area contributed by atoms with Gasteiger partial charge in [0, 0.05) is 38.6 Å². The molecule has 0 spiro atoms. The predicted octanol–water partition coefficient (Wildman–Crippen LogP) is 3.21. The number of oxime groups is 1. The monoisotopic (exact) mass is 529 g/mol. The number of hydrogen-bond acceptors (Lipinski definition) is 9. The van der Waals surface area contributed by atoms with Crippen LogP contribution in [0.2, 0.25) is 0 Å². The molecule has 208 valence electrons. The molecule has 0 unspecified atom stereocenters. The Morgan fingerprint density at radius 1 is 1.18 bits per heavy atom. The van der Waals surface area contributed by atoms with Crippen molar-refractivity contribution in [1.29, 1.82) is 0 Å². The summed E-state index contributed by atoms with van der Waals surface area (Å²) in [5.74, 6) is -1.44. The second kappa shape index (κ2) is 15.1. The minimum absolute atomic E-state index is 0.0454. The third kappa shape index (κ3) is 9.18. The van der Waals surface area contributed by atoms with Gasteiger partial charge in [-0.2, -0.15) is 0 Å². The normalized spacial score (nSPS) is 23.7. The van der Waals surface area contributed by atoms with E-state index < -0.39 is 17.8 Å². The lowest BCUT2D eigenvalue weighted by atomic mass is 9.99. The number of likely N-dealkylation sites (tertiary alicyclic amines) is 1. The van der Waals surface area contributed by atoms with Crippen molar-refractivity contribution in [3.63, 3.8) is 0 Å². The zero-order valence-electron chi connectivity index (χ0n) is 22.0. The van der Waals surface area contributed by atoms with Crippen LogP contribution in [-0.2, 0) is 25.5 Å². The van der Waals surface area contributed by atoms with Crippen molar-refractivity contribution >= 4 is 17.6 Å². The minimum atomic E-state index is -0.712. The summed E-state index contributed by atoms with van der Waals surface area (Å²) in [5, 5.41) is 24.8. The predicted molar refractivity (Wildman–Crippen MR) is 143 cm³/mol. The molecular formula is C28H39N3O7. The van der Waals surface area contributed by atoms with Crippen molar-refractivity contribution in [2.45, 2.75) is 64.1 Å². The maximum atomic E-state index is 13.0. The molecule has 1 aromatic carbocycles. The zero-order valence-corrected chi connectivity index (χ0v) is 22.0. The molecule has 10 nitrogen and oxygen atoms in total. The summed E-state index contributed by atoms with van der Waals surface area (Å²) in [6.07, 6.45) is 11.6. The van der Waals surface area contributed by atoms with Gasteiger partial charge in [-0.15, -0.1) is 0 Å². The fourth-order valence-electron chi connectivity index (χ4n) is 4.34. The molecule has 38 heavy (non-hydrogen) atoms. The number of nitrogens with two attached hydrogens (primary N) is 1. The third-order valence-corrected chi connectivity index (χ3v) is 6.32. The number of nitrogens with zero attached hydrogens (tertiary/aromatic N) is 2. The number of carbonyl (C=O) groups excluding carboxylic acids is 2. The molecule has 1 amide bonds. The topological polar surface area (TPSA) is 144 Å². The standard InChI is InChI=1S/C28H39N3O7/c1-20-8-5-10-24(36-15-7-12-29)11-6-9-22(30-37-19-26(34)31-13-3-2-4-14-31)16-21-17-23(32)18-25(33)27(21)28(35)38-20/h5-6,9-10,17-18,20,24,32-33H,2-4,7-8,11-16,19,29H2,1H3/b9-6+,10-5+,30-22+/t20-,24-/m1/s1. The Kier molecular flexibility index (Phi) is 11.6. The van der Waals surface area contributed by atoms with Crippen LogP contribution < -0.4 is 5.73 Å². The molecule has 10 heteroatoms. The number of fused-ring (bicyclic) bond motifs is 1. The molecule has 2 atom stereocenters. The van der Waals surface area contributed by atoms with Crippen molar-refractivity contribution in [2.75, 3.05) is 32.8 Å². The molecule has 2 heterocycles. The number of hydrogen-bond donors (Lipinski definition) is 3. The summed E-state index contributed by atoms with van der Waals surface area (Å²) in [6.45, 7) is 4.02. The Morgan fingerprint density at radius 2 is 1.97 bits per heavy atom. The molecule has 0 bridgehead atoms. The van der Waals surface area contributed by atoms with Crippen molar-refractivity contribution in [3.05, 3.63) is 47.6 Å². The van der Waals surface area contributed by atoms with Gasteiger partial charge >= 0.3 is 5.97 Å². The molecule has 1 saturated heterocycles. The molecule has 0 aliphatic carbocycles. The number of esters is 1. The van der Waals surface area contributed by atoms with Crippen LogP contribution in [0.4, 0.5) is 0 Å². The number of phenolic OH excluding ortho intramolecular Hbond substituents is 2. The number of ether oxygens (including phenoxy) is 2. The van der Waals surface area contributed by atoms with Crippen LogP contribution in [0.15, 0.2) is 41.6 Å². The molecule has 1 fully saturated rings. The third-order valence-electron chi connectivity index (χ3n) is 6.32. The highest BCUT2D eigenvalue weighted by atomic mass is 16.6. The van der Waals surface area contributed by atoms with Crippen molar-refractivity contribution in [2.24, 2.45) is 10.9 Å². The highest BCUT2D eigenvalue weighted by molar-refractivity contribution is 6.00. The number of phenols is 2. The lowest BCUT2D eigenvalue weighted by molar-refractivity contribution is -0.137. The number of benzene rings is 1. The summed E-state index contributed by atoms with van der Waals surface area (Å²) in [6, 6.07) is 2.48. The smallest absolute Gasteiger partial charge is 0.342 e. The van der Waals surface area contributed by atoms with E-state index in [1.165, 1.54) is 6.07 Å². The van der Waals surface area contributed by atoms with Gasteiger partial charge in [-0.25, -0.2) is 4.79 Å². The maximum absolute atomic E-state index is 13.0. The Hall–Kier alpha value is -3.37. The van der Waals surface area contributed by atoms with Crippen molar-refractivity contribution in [1.82, 2.24) is 4.90 Å². The number of rotatable bonds is 7. The largest absolute Gasteiger partial charge is 0.508 e. The van der Waals surface area contributed by atoms with E-state index in [4.69, 9.17) is 20.0 Å². The molecule has 4 N–H and O–H groups in total.